The Balaban J connectivity index is 2.59. The number of nitrogens with one attached hydrogen (secondary N) is 1. The van der Waals surface area contributed by atoms with Crippen LogP contribution in [0.25, 0.3) is 0 Å². The van der Waals surface area contributed by atoms with E-state index in [0.29, 0.717) is 5.75 Å². The van der Waals surface area contributed by atoms with Crippen molar-refractivity contribution < 1.29 is 9.79 Å². The first-order chi connectivity index (χ1) is 2.89. The van der Waals surface area contributed by atoms with Gasteiger partial charge in [-0.1, -0.05) is 11.8 Å². The van der Waals surface area contributed by atoms with Crippen LogP contribution in [0.15, 0.2) is 0 Å². The molecule has 0 aromatic carbocycles. The van der Waals surface area contributed by atoms with Gasteiger partial charge in [0.05, 0.1) is 0 Å². The lowest BCUT2D eigenvalue weighted by Gasteiger charge is -1.60. The van der Waals surface area contributed by atoms with Crippen LogP contribution in [0.4, 0.5) is 0 Å². The summed E-state index contributed by atoms with van der Waals surface area (Å²) in [5, 5.41) is 0. The van der Waals surface area contributed by atoms with Crippen molar-refractivity contribution in [2.45, 2.75) is 0 Å². The van der Waals surface area contributed by atoms with Gasteiger partial charge in [-0.05, 0) is 0 Å². The predicted octanol–water partition coefficient (Wildman–Crippen LogP) is -1.63. The summed E-state index contributed by atoms with van der Waals surface area (Å²) in [5.41, 5.74) is 1.70. The highest BCUT2D eigenvalue weighted by molar-refractivity contribution is 8.12. The molecule has 1 N–H and O–H groups in total. The Bertz CT molecular complexity index is 99.0. The molecule has 0 saturated carbocycles. The molecule has 0 aromatic heterocycles. The average molecular weight is 102 g/mol. The third-order valence-corrected chi connectivity index (χ3v) is 1.23. The zero-order valence-corrected chi connectivity index (χ0v) is 3.92. The van der Waals surface area contributed by atoms with Crippen LogP contribution in [-0.4, -0.2) is 17.2 Å². The van der Waals surface area contributed by atoms with Crippen molar-refractivity contribution in [3.8, 4) is 0 Å². The van der Waals surface area contributed by atoms with Gasteiger partial charge in [-0.15, -0.1) is 0 Å². The molecule has 0 aromatic rings. The molecule has 1 heterocycles. The van der Waals surface area contributed by atoms with Crippen LogP contribution in [0.1, 0.15) is 0 Å². The molecule has 6 heavy (non-hydrogen) atoms. The van der Waals surface area contributed by atoms with Gasteiger partial charge in [0.15, 0.2) is 0 Å². The molecule has 0 radical (unpaired) electrons. The third kappa shape index (κ3) is 0.597. The van der Waals surface area contributed by atoms with Crippen LogP contribution in [-0.2, 0) is 4.79 Å². The lowest BCUT2D eigenvalue weighted by molar-refractivity contribution is -0.364. The molecule has 1 aliphatic rings. The number of carbonyl (C=O) groups excluding carboxylic acids is 1. The topological polar surface area (TPSA) is 31.0 Å². The summed E-state index contributed by atoms with van der Waals surface area (Å²) in [4.78, 5) is 12.6. The fourth-order valence-corrected chi connectivity index (χ4v) is 0.799. The quantitative estimate of drug-likeness (QED) is 0.398. The van der Waals surface area contributed by atoms with E-state index < -0.39 is 0 Å². The Kier molecular flexibility index (Phi) is 0.919. The fourth-order valence-electron chi connectivity index (χ4n) is 0.266. The van der Waals surface area contributed by atoms with Gasteiger partial charge in [0.2, 0.25) is 5.55 Å². The van der Waals surface area contributed by atoms with E-state index in [0.717, 1.165) is 0 Å². The summed E-state index contributed by atoms with van der Waals surface area (Å²) < 4.78 is 0. The van der Waals surface area contributed by atoms with E-state index in [1.54, 1.807) is 5.55 Å². The number of carbonyl (C=O) groups is 1. The Morgan fingerprint density at radius 2 is 2.83 bits per heavy atom. The van der Waals surface area contributed by atoms with Gasteiger partial charge in [0.25, 0.3) is 0 Å². The molecule has 0 fully saturated rings. The van der Waals surface area contributed by atoms with E-state index >= 15 is 0 Å². The normalized spacial score (nSPS) is 19.7. The molecule has 1 amide bonds. The number of thioether (sulfide) groups is 1. The molecule has 32 valence electrons. The van der Waals surface area contributed by atoms with Crippen molar-refractivity contribution in [3.63, 3.8) is 0 Å². The largest absolute Gasteiger partial charge is 0.396 e. The maximum absolute atomic E-state index is 10.1. The Labute approximate surface area is 39.6 Å². The number of hydrogen-bond acceptors (Lipinski definition) is 2. The van der Waals surface area contributed by atoms with Crippen LogP contribution in [0, 0.1) is 0 Å². The van der Waals surface area contributed by atoms with E-state index in [1.165, 1.54) is 11.8 Å². The monoisotopic (exact) mass is 102 g/mol. The highest BCUT2D eigenvalue weighted by Gasteiger charge is 2.09. The Hall–Kier alpha value is -0.310. The van der Waals surface area contributed by atoms with E-state index in [1.807, 2.05) is 0 Å². The van der Waals surface area contributed by atoms with Crippen molar-refractivity contribution in [1.29, 1.82) is 0 Å². The highest BCUT2D eigenvalue weighted by Crippen LogP contribution is 1.89. The van der Waals surface area contributed by atoms with Crippen LogP contribution in [0.5, 0.6) is 0 Å². The van der Waals surface area contributed by atoms with Gasteiger partial charge in [0.1, 0.15) is 5.75 Å². The summed E-state index contributed by atoms with van der Waals surface area (Å²) in [6, 6.07) is 0. The van der Waals surface area contributed by atoms with Gasteiger partial charge >= 0.3 is 5.91 Å². The van der Waals surface area contributed by atoms with Crippen LogP contribution in [0.2, 0.25) is 0 Å². The van der Waals surface area contributed by atoms with Crippen molar-refractivity contribution in [2.24, 2.45) is 0 Å². The minimum absolute atomic E-state index is 0.111. The number of rotatable bonds is 0. The second-order valence-electron chi connectivity index (χ2n) is 0.996. The molecule has 1 aliphatic heterocycles. The maximum Gasteiger partial charge on any atom is 0.396 e. The molecule has 3 heteroatoms. The Morgan fingerprint density at radius 3 is 3.00 bits per heavy atom. The summed E-state index contributed by atoms with van der Waals surface area (Å²) in [6.45, 7) is 0. The summed E-state index contributed by atoms with van der Waals surface area (Å²) in [5.74, 6) is 0.708. The van der Waals surface area contributed by atoms with Crippen molar-refractivity contribution in [2.75, 3.05) is 5.75 Å². The summed E-state index contributed by atoms with van der Waals surface area (Å²) in [7, 11) is 0. The number of hydrogen-bond donors (Lipinski definition) is 1. The molecule has 0 bridgehead atoms. The lowest BCUT2D eigenvalue weighted by Crippen LogP contribution is -2.70. The lowest BCUT2D eigenvalue weighted by atomic mass is 10.8. The average Bonchev–Trinajstić information content (AvgIpc) is 1.86. The molecule has 0 unspecified atom stereocenters. The van der Waals surface area contributed by atoms with Crippen molar-refractivity contribution in [3.05, 3.63) is 0 Å². The first-order valence-electron chi connectivity index (χ1n) is 1.62. The minimum atomic E-state index is 0.111. The zero-order valence-electron chi connectivity index (χ0n) is 3.10. The predicted molar refractivity (Wildman–Crippen MR) is 24.5 cm³/mol. The van der Waals surface area contributed by atoms with E-state index in [2.05, 4.69) is 4.99 Å². The van der Waals surface area contributed by atoms with Crippen LogP contribution in [0.3, 0.4) is 0 Å². The van der Waals surface area contributed by atoms with Gasteiger partial charge in [-0.25, -0.2) is 4.79 Å². The molecule has 0 spiro atoms. The van der Waals surface area contributed by atoms with Crippen LogP contribution >= 0.6 is 11.8 Å². The van der Waals surface area contributed by atoms with Gasteiger partial charge in [0, 0.05) is 0 Å². The highest BCUT2D eigenvalue weighted by atomic mass is 32.2. The molecule has 0 aliphatic carbocycles. The van der Waals surface area contributed by atoms with Crippen LogP contribution < -0.4 is 4.99 Å². The third-order valence-electron chi connectivity index (χ3n) is 0.518. The first kappa shape index (κ1) is 3.87. The summed E-state index contributed by atoms with van der Waals surface area (Å²) >= 11 is 1.50. The second-order valence-corrected chi connectivity index (χ2v) is 1.85. The number of amides is 1. The summed E-state index contributed by atoms with van der Waals surface area (Å²) in [6.07, 6.45) is 0. The second kappa shape index (κ2) is 1.43. The van der Waals surface area contributed by atoms with E-state index in [4.69, 9.17) is 0 Å². The van der Waals surface area contributed by atoms with Gasteiger partial charge < -0.3 is 0 Å². The SMILES string of the molecule is O=C1CSC=[NH+]1. The smallest absolute Gasteiger partial charge is 0.219 e. The van der Waals surface area contributed by atoms with Crippen molar-refractivity contribution >= 4 is 23.2 Å². The molecule has 1 rings (SSSR count). The Morgan fingerprint density at radius 1 is 2.00 bits per heavy atom. The first-order valence-corrected chi connectivity index (χ1v) is 2.67. The van der Waals surface area contributed by atoms with E-state index in [-0.39, 0.29) is 5.91 Å². The van der Waals surface area contributed by atoms with Gasteiger partial charge in [-0.2, -0.15) is 4.99 Å². The molecule has 2 nitrogen and oxygen atoms in total. The van der Waals surface area contributed by atoms with Gasteiger partial charge in [-0.3, -0.25) is 0 Å². The van der Waals surface area contributed by atoms with Crippen molar-refractivity contribution in [1.82, 2.24) is 0 Å². The molecule has 0 atom stereocenters. The molecular formula is C3H4NOS+. The standard InChI is InChI=1S/C3H3NOS/c5-3-1-6-2-4-3/h2H,1H2/p+1. The van der Waals surface area contributed by atoms with E-state index in [9.17, 15) is 4.79 Å². The maximum atomic E-state index is 10.1. The fraction of sp³-hybridized carbons (Fsp3) is 0.333. The minimum Gasteiger partial charge on any atom is -0.219 e. The zero-order chi connectivity index (χ0) is 4.41. The molecule has 0 saturated heterocycles. The molecular weight excluding hydrogens is 98.1 g/mol.